The van der Waals surface area contributed by atoms with E-state index in [1.807, 2.05) is 24.3 Å². The van der Waals surface area contributed by atoms with Crippen LogP contribution in [-0.4, -0.2) is 92.5 Å². The van der Waals surface area contributed by atoms with Gasteiger partial charge in [-0.2, -0.15) is 0 Å². The molecule has 0 aliphatic carbocycles. The zero-order valence-electron chi connectivity index (χ0n) is 26.2. The molecule has 0 aromatic heterocycles. The SMILES string of the molecule is CC(C)(C)OC(=O)N1CCCC[C@@H]1C(=O)N[C@@H](CNS(=O)(=O)c1ccc2ccccc2c1)C(=O)NCC1CCCN(C(=N)N)C1. The van der Waals surface area contributed by atoms with E-state index in [0.29, 0.717) is 38.9 Å². The molecule has 1 unspecified atom stereocenters. The molecule has 2 aliphatic heterocycles. The van der Waals surface area contributed by atoms with Crippen LogP contribution in [0.25, 0.3) is 10.8 Å². The first-order valence-electron chi connectivity index (χ1n) is 15.4. The second kappa shape index (κ2) is 14.5. The van der Waals surface area contributed by atoms with E-state index in [1.54, 1.807) is 37.8 Å². The molecule has 3 amide bonds. The van der Waals surface area contributed by atoms with Crippen LogP contribution < -0.4 is 21.1 Å². The van der Waals surface area contributed by atoms with Crippen molar-refractivity contribution in [2.45, 2.75) is 75.5 Å². The normalized spacial score (nSPS) is 19.9. The Hall–Kier alpha value is -3.91. The summed E-state index contributed by atoms with van der Waals surface area (Å²) in [7, 11) is -4.05. The van der Waals surface area contributed by atoms with Gasteiger partial charge in [-0.15, -0.1) is 0 Å². The number of carbonyl (C=O) groups excluding carboxylic acids is 3. The first-order chi connectivity index (χ1) is 21.2. The Balaban J connectivity index is 1.49. The number of piperidine rings is 2. The van der Waals surface area contributed by atoms with Gasteiger partial charge in [-0.25, -0.2) is 17.9 Å². The maximum Gasteiger partial charge on any atom is 0.410 e. The second-order valence-corrected chi connectivity index (χ2v) is 14.5. The van der Waals surface area contributed by atoms with Crippen LogP contribution in [0.3, 0.4) is 0 Å². The summed E-state index contributed by atoms with van der Waals surface area (Å²) in [6, 6.07) is 9.98. The Morgan fingerprint density at radius 1 is 1.04 bits per heavy atom. The van der Waals surface area contributed by atoms with E-state index in [1.165, 1.54) is 11.0 Å². The number of nitrogens with zero attached hydrogens (tertiary/aromatic N) is 2. The predicted molar refractivity (Wildman–Crippen MR) is 171 cm³/mol. The number of amides is 3. The summed E-state index contributed by atoms with van der Waals surface area (Å²) in [4.78, 5) is 43.2. The van der Waals surface area contributed by atoms with E-state index in [0.717, 1.165) is 23.6 Å². The molecule has 6 N–H and O–H groups in total. The minimum Gasteiger partial charge on any atom is -0.444 e. The average Bonchev–Trinajstić information content (AvgIpc) is 3.00. The third-order valence-corrected chi connectivity index (χ3v) is 9.42. The zero-order valence-corrected chi connectivity index (χ0v) is 27.0. The van der Waals surface area contributed by atoms with Crippen molar-refractivity contribution in [3.8, 4) is 0 Å². The number of guanidine groups is 1. The van der Waals surface area contributed by atoms with Crippen molar-refractivity contribution in [2.24, 2.45) is 11.7 Å². The molecule has 2 aromatic rings. The number of ether oxygens (including phenoxy) is 1. The number of fused-ring (bicyclic) bond motifs is 1. The third kappa shape index (κ3) is 9.30. The molecule has 2 saturated heterocycles. The van der Waals surface area contributed by atoms with Crippen LogP contribution in [0.2, 0.25) is 0 Å². The Kier molecular flexibility index (Phi) is 10.9. The van der Waals surface area contributed by atoms with E-state index in [9.17, 15) is 22.8 Å². The highest BCUT2D eigenvalue weighted by Crippen LogP contribution is 2.22. The number of sulfonamides is 1. The van der Waals surface area contributed by atoms with Crippen LogP contribution in [0.1, 0.15) is 52.9 Å². The van der Waals surface area contributed by atoms with Gasteiger partial charge in [0.1, 0.15) is 17.7 Å². The monoisotopic (exact) mass is 643 g/mol. The number of carbonyl (C=O) groups is 3. The Labute approximate surface area is 264 Å². The van der Waals surface area contributed by atoms with Crippen LogP contribution in [0, 0.1) is 11.3 Å². The molecule has 13 nitrogen and oxygen atoms in total. The Bertz CT molecular complexity index is 1510. The molecule has 2 fully saturated rings. The molecule has 45 heavy (non-hydrogen) atoms. The molecule has 3 atom stereocenters. The number of hydrogen-bond donors (Lipinski definition) is 5. The molecule has 0 spiro atoms. The molecule has 0 bridgehead atoms. The van der Waals surface area contributed by atoms with Crippen LogP contribution in [0.5, 0.6) is 0 Å². The van der Waals surface area contributed by atoms with Gasteiger partial charge in [0.25, 0.3) is 0 Å². The van der Waals surface area contributed by atoms with E-state index >= 15 is 0 Å². The Morgan fingerprint density at radius 3 is 2.49 bits per heavy atom. The fourth-order valence-corrected chi connectivity index (χ4v) is 6.73. The van der Waals surface area contributed by atoms with Gasteiger partial charge >= 0.3 is 6.09 Å². The van der Waals surface area contributed by atoms with Crippen LogP contribution >= 0.6 is 0 Å². The fourth-order valence-electron chi connectivity index (χ4n) is 5.65. The van der Waals surface area contributed by atoms with Crippen LogP contribution in [0.15, 0.2) is 47.4 Å². The van der Waals surface area contributed by atoms with Gasteiger partial charge in [0.05, 0.1) is 4.90 Å². The molecular weight excluding hydrogens is 598 g/mol. The van der Waals surface area contributed by atoms with E-state index in [-0.39, 0.29) is 23.3 Å². The summed E-state index contributed by atoms with van der Waals surface area (Å²) in [6.45, 7) is 6.59. The second-order valence-electron chi connectivity index (χ2n) is 12.7. The standard InChI is InChI=1S/C31H45N7O6S/c1-31(2,3)44-30(41)38-16-7-6-12-26(38)28(40)36-25(27(39)34-18-21-9-8-15-37(20-21)29(32)33)19-35-45(42,43)24-14-13-22-10-4-5-11-23(22)17-24/h4-5,10-11,13-14,17,21,25-26,35H,6-9,12,15-16,18-20H2,1-3H3,(H3,32,33)(H,34,39)(H,36,40)/t21?,25-,26+/m0/s1. The molecule has 2 aliphatic rings. The quantitative estimate of drug-likeness (QED) is 0.203. The lowest BCUT2D eigenvalue weighted by atomic mass is 9.98. The van der Waals surface area contributed by atoms with E-state index < -0.39 is 52.2 Å². The number of nitrogens with one attached hydrogen (secondary N) is 4. The summed E-state index contributed by atoms with van der Waals surface area (Å²) < 4.78 is 34.6. The first kappa shape index (κ1) is 34.0. The van der Waals surface area contributed by atoms with E-state index in [2.05, 4.69) is 15.4 Å². The summed E-state index contributed by atoms with van der Waals surface area (Å²) in [5.41, 5.74) is 4.90. The predicted octanol–water partition coefficient (Wildman–Crippen LogP) is 2.11. The van der Waals surface area contributed by atoms with Gasteiger partial charge in [0.2, 0.25) is 21.8 Å². The molecule has 14 heteroatoms. The third-order valence-electron chi connectivity index (χ3n) is 8.00. The molecule has 0 radical (unpaired) electrons. The lowest BCUT2D eigenvalue weighted by molar-refractivity contribution is -0.132. The highest BCUT2D eigenvalue weighted by atomic mass is 32.2. The van der Waals surface area contributed by atoms with Crippen molar-refractivity contribution in [3.63, 3.8) is 0 Å². The van der Waals surface area contributed by atoms with Gasteiger partial charge in [-0.05, 0) is 81.7 Å². The van der Waals surface area contributed by atoms with Crippen molar-refractivity contribution in [1.29, 1.82) is 5.41 Å². The smallest absolute Gasteiger partial charge is 0.410 e. The highest BCUT2D eigenvalue weighted by Gasteiger charge is 2.37. The summed E-state index contributed by atoms with van der Waals surface area (Å²) in [5.74, 6) is -1.13. The van der Waals surface area contributed by atoms with Gasteiger partial charge in [0, 0.05) is 32.7 Å². The zero-order chi connectivity index (χ0) is 32.8. The van der Waals surface area contributed by atoms with Gasteiger partial charge in [0.15, 0.2) is 5.96 Å². The van der Waals surface area contributed by atoms with Crippen molar-refractivity contribution in [3.05, 3.63) is 42.5 Å². The number of hydrogen-bond acceptors (Lipinski definition) is 7. The number of likely N-dealkylation sites (tertiary alicyclic amines) is 2. The molecule has 246 valence electrons. The summed E-state index contributed by atoms with van der Waals surface area (Å²) in [5, 5.41) is 14.9. The first-order valence-corrected chi connectivity index (χ1v) is 16.9. The molecule has 4 rings (SSSR count). The van der Waals surface area contributed by atoms with Crippen LogP contribution in [0.4, 0.5) is 4.79 Å². The number of rotatable bonds is 9. The van der Waals surface area contributed by atoms with Crippen molar-refractivity contribution < 1.29 is 27.5 Å². The minimum atomic E-state index is -4.05. The summed E-state index contributed by atoms with van der Waals surface area (Å²) >= 11 is 0. The lowest BCUT2D eigenvalue weighted by Gasteiger charge is -2.36. The lowest BCUT2D eigenvalue weighted by Crippen LogP contribution is -2.59. The van der Waals surface area contributed by atoms with Gasteiger partial charge in [-0.3, -0.25) is 19.9 Å². The van der Waals surface area contributed by atoms with Crippen LogP contribution in [-0.2, 0) is 24.3 Å². The minimum absolute atomic E-state index is 0.0262. The summed E-state index contributed by atoms with van der Waals surface area (Å²) in [6.07, 6.45) is 2.81. The molecule has 2 aromatic carbocycles. The highest BCUT2D eigenvalue weighted by molar-refractivity contribution is 7.89. The maximum absolute atomic E-state index is 13.6. The number of nitrogens with two attached hydrogens (primary N) is 1. The van der Waals surface area contributed by atoms with Crippen molar-refractivity contribution >= 4 is 44.7 Å². The maximum atomic E-state index is 13.6. The number of benzene rings is 2. The Morgan fingerprint density at radius 2 is 1.78 bits per heavy atom. The molecule has 0 saturated carbocycles. The van der Waals surface area contributed by atoms with Gasteiger partial charge in [-0.1, -0.05) is 30.3 Å². The molecular formula is C31H45N7O6S. The van der Waals surface area contributed by atoms with Crippen molar-refractivity contribution in [1.82, 2.24) is 25.2 Å². The van der Waals surface area contributed by atoms with E-state index in [4.69, 9.17) is 15.9 Å². The van der Waals surface area contributed by atoms with Crippen molar-refractivity contribution in [2.75, 3.05) is 32.7 Å². The largest absolute Gasteiger partial charge is 0.444 e. The fraction of sp³-hybridized carbons (Fsp3) is 0.548. The average molecular weight is 644 g/mol. The molecule has 2 heterocycles. The van der Waals surface area contributed by atoms with Gasteiger partial charge < -0.3 is 26.0 Å². The topological polar surface area (TPSA) is 187 Å².